The molecule has 2 aromatic carbocycles. The average molecular weight is 477 g/mol. The molecule has 0 spiro atoms. The van der Waals surface area contributed by atoms with Crippen LogP contribution in [0.15, 0.2) is 72.0 Å². The first-order valence-electron chi connectivity index (χ1n) is 10.8. The number of thioether (sulfide) groups is 1. The van der Waals surface area contributed by atoms with Crippen molar-refractivity contribution in [3.8, 4) is 22.5 Å². The summed E-state index contributed by atoms with van der Waals surface area (Å²) >= 11 is 7.31. The maximum atomic E-state index is 12.9. The third-order valence-corrected chi connectivity index (χ3v) is 6.72. The Hall–Kier alpha value is -3.09. The third-order valence-electron chi connectivity index (χ3n) is 5.24. The molecule has 2 N–H and O–H groups in total. The van der Waals surface area contributed by atoms with E-state index in [1.54, 1.807) is 12.1 Å². The van der Waals surface area contributed by atoms with Gasteiger partial charge in [-0.1, -0.05) is 89.9 Å². The van der Waals surface area contributed by atoms with Crippen LogP contribution in [0, 0.1) is 13.8 Å². The summed E-state index contributed by atoms with van der Waals surface area (Å²) in [5.74, 6) is 0.353. The van der Waals surface area contributed by atoms with Gasteiger partial charge in [-0.25, -0.2) is 9.97 Å². The van der Waals surface area contributed by atoms with E-state index in [4.69, 9.17) is 16.6 Å². The molecule has 1 atom stereocenters. The van der Waals surface area contributed by atoms with Crippen LogP contribution in [0.5, 0.6) is 0 Å². The molecule has 0 bridgehead atoms. The number of H-pyrrole nitrogens is 1. The Balaban J connectivity index is 1.63. The predicted molar refractivity (Wildman–Crippen MR) is 137 cm³/mol. The number of rotatable bonds is 7. The van der Waals surface area contributed by atoms with Crippen LogP contribution in [-0.4, -0.2) is 26.1 Å². The zero-order valence-corrected chi connectivity index (χ0v) is 20.3. The van der Waals surface area contributed by atoms with Gasteiger partial charge < -0.3 is 10.3 Å². The maximum absolute atomic E-state index is 12.9. The maximum Gasteiger partial charge on any atom is 0.239 e. The molecule has 4 rings (SSSR count). The highest BCUT2D eigenvalue weighted by Crippen LogP contribution is 2.35. The zero-order valence-electron chi connectivity index (χ0n) is 18.7. The van der Waals surface area contributed by atoms with Gasteiger partial charge in [-0.2, -0.15) is 0 Å². The van der Waals surface area contributed by atoms with Crippen LogP contribution in [0.4, 0.5) is 5.82 Å². The van der Waals surface area contributed by atoms with Gasteiger partial charge >= 0.3 is 0 Å². The number of aryl methyl sites for hydroxylation is 2. The van der Waals surface area contributed by atoms with Gasteiger partial charge in [0.1, 0.15) is 5.82 Å². The van der Waals surface area contributed by atoms with Gasteiger partial charge in [-0.15, -0.1) is 0 Å². The minimum absolute atomic E-state index is 0.123. The second kappa shape index (κ2) is 10.2. The van der Waals surface area contributed by atoms with E-state index in [0.717, 1.165) is 22.5 Å². The van der Waals surface area contributed by atoms with Gasteiger partial charge in [-0.05, 0) is 32.4 Å². The molecule has 0 aliphatic rings. The summed E-state index contributed by atoms with van der Waals surface area (Å²) < 4.78 is 0. The van der Waals surface area contributed by atoms with Crippen LogP contribution in [-0.2, 0) is 4.79 Å². The minimum Gasteiger partial charge on any atom is -0.332 e. The summed E-state index contributed by atoms with van der Waals surface area (Å²) in [4.78, 5) is 25.4. The Bertz CT molecular complexity index is 1170. The van der Waals surface area contributed by atoms with Crippen molar-refractivity contribution in [2.75, 3.05) is 5.32 Å². The van der Waals surface area contributed by atoms with Crippen molar-refractivity contribution in [2.45, 2.75) is 37.6 Å². The summed E-state index contributed by atoms with van der Waals surface area (Å²) in [5.41, 5.74) is 6.29. The summed E-state index contributed by atoms with van der Waals surface area (Å²) in [6.07, 6.45) is 2.16. The lowest BCUT2D eigenvalue weighted by atomic mass is 10.0. The van der Waals surface area contributed by atoms with E-state index in [1.165, 1.54) is 29.1 Å². The first kappa shape index (κ1) is 23.1. The number of hydrogen-bond acceptors (Lipinski definition) is 4. The molecular weight excluding hydrogens is 452 g/mol. The molecule has 0 aliphatic carbocycles. The van der Waals surface area contributed by atoms with Gasteiger partial charge in [0, 0.05) is 17.3 Å². The molecule has 2 aromatic heterocycles. The number of amides is 1. The number of nitrogens with one attached hydrogen (secondary N) is 2. The predicted octanol–water partition coefficient (Wildman–Crippen LogP) is 6.92. The molecule has 7 heteroatoms. The Labute approximate surface area is 203 Å². The Morgan fingerprint density at radius 2 is 1.64 bits per heavy atom. The molecule has 0 saturated heterocycles. The summed E-state index contributed by atoms with van der Waals surface area (Å²) in [7, 11) is 0. The van der Waals surface area contributed by atoms with Crippen molar-refractivity contribution in [3.63, 3.8) is 0 Å². The number of carbonyl (C=O) groups excluding carboxylic acids is 1. The van der Waals surface area contributed by atoms with E-state index in [-0.39, 0.29) is 11.2 Å². The van der Waals surface area contributed by atoms with E-state index in [9.17, 15) is 4.79 Å². The van der Waals surface area contributed by atoms with Crippen LogP contribution in [0.2, 0.25) is 5.02 Å². The molecule has 1 amide bonds. The topological polar surface area (TPSA) is 70.7 Å². The third kappa shape index (κ3) is 5.64. The van der Waals surface area contributed by atoms with Crippen LogP contribution in [0.25, 0.3) is 22.5 Å². The van der Waals surface area contributed by atoms with Crippen molar-refractivity contribution in [2.24, 2.45) is 0 Å². The van der Waals surface area contributed by atoms with Crippen molar-refractivity contribution >= 4 is 35.1 Å². The van der Waals surface area contributed by atoms with Crippen LogP contribution in [0.1, 0.15) is 24.5 Å². The summed E-state index contributed by atoms with van der Waals surface area (Å²) in [6.45, 7) is 6.12. The monoisotopic (exact) mass is 476 g/mol. The normalized spacial score (nSPS) is 11.9. The largest absolute Gasteiger partial charge is 0.332 e. The summed E-state index contributed by atoms with van der Waals surface area (Å²) in [6, 6.07) is 20.1. The van der Waals surface area contributed by atoms with Crippen LogP contribution in [0.3, 0.4) is 0 Å². The van der Waals surface area contributed by atoms with E-state index in [1.807, 2.05) is 6.92 Å². The SMILES string of the molecule is CCC(Sc1nc(-c2ccc(C)cc2)c(-c2ccc(C)cc2)[nH]1)C(=O)Nc1ccc(Cl)cn1. The van der Waals surface area contributed by atoms with Gasteiger partial charge in [0.05, 0.1) is 21.7 Å². The second-order valence-corrected chi connectivity index (χ2v) is 9.49. The lowest BCUT2D eigenvalue weighted by Crippen LogP contribution is -2.25. The number of hydrogen-bond donors (Lipinski definition) is 2. The molecule has 0 radical (unpaired) electrons. The highest BCUT2D eigenvalue weighted by Gasteiger charge is 2.22. The molecule has 168 valence electrons. The number of halogens is 1. The molecule has 33 heavy (non-hydrogen) atoms. The van der Waals surface area contributed by atoms with Gasteiger partial charge in [-0.3, -0.25) is 4.79 Å². The highest BCUT2D eigenvalue weighted by molar-refractivity contribution is 8.00. The zero-order chi connectivity index (χ0) is 23.4. The highest BCUT2D eigenvalue weighted by atomic mass is 35.5. The fourth-order valence-electron chi connectivity index (χ4n) is 3.37. The van der Waals surface area contributed by atoms with Crippen LogP contribution >= 0.6 is 23.4 Å². The van der Waals surface area contributed by atoms with E-state index < -0.39 is 0 Å². The van der Waals surface area contributed by atoms with Crippen molar-refractivity contribution in [1.29, 1.82) is 0 Å². The quantitative estimate of drug-likeness (QED) is 0.284. The molecule has 1 unspecified atom stereocenters. The number of pyridine rings is 1. The number of aromatic nitrogens is 3. The molecular formula is C26H25ClN4OS. The summed E-state index contributed by atoms with van der Waals surface area (Å²) in [5, 5.41) is 3.76. The number of nitrogens with zero attached hydrogens (tertiary/aromatic N) is 2. The fraction of sp³-hybridized carbons (Fsp3) is 0.192. The molecule has 2 heterocycles. The lowest BCUT2D eigenvalue weighted by molar-refractivity contribution is -0.115. The van der Waals surface area contributed by atoms with Gasteiger partial charge in [0.25, 0.3) is 0 Å². The Morgan fingerprint density at radius 1 is 1.00 bits per heavy atom. The smallest absolute Gasteiger partial charge is 0.239 e. The van der Waals surface area contributed by atoms with Crippen molar-refractivity contribution < 1.29 is 4.79 Å². The van der Waals surface area contributed by atoms with Crippen LogP contribution < -0.4 is 5.32 Å². The van der Waals surface area contributed by atoms with Gasteiger partial charge in [0.15, 0.2) is 5.16 Å². The Morgan fingerprint density at radius 3 is 2.21 bits per heavy atom. The first-order valence-corrected chi connectivity index (χ1v) is 12.0. The number of imidazole rings is 1. The fourth-order valence-corrected chi connectivity index (χ4v) is 4.39. The average Bonchev–Trinajstić information content (AvgIpc) is 3.23. The van der Waals surface area contributed by atoms with E-state index >= 15 is 0 Å². The molecule has 0 saturated carbocycles. The van der Waals surface area contributed by atoms with Crippen molar-refractivity contribution in [3.05, 3.63) is 83.0 Å². The molecule has 0 fully saturated rings. The first-order chi connectivity index (χ1) is 15.9. The Kier molecular flexibility index (Phi) is 7.16. The number of carbonyl (C=O) groups is 1. The molecule has 5 nitrogen and oxygen atoms in total. The molecule has 4 aromatic rings. The number of benzene rings is 2. The minimum atomic E-state index is -0.328. The second-order valence-electron chi connectivity index (χ2n) is 7.86. The molecule has 0 aliphatic heterocycles. The van der Waals surface area contributed by atoms with Gasteiger partial charge in [0.2, 0.25) is 5.91 Å². The van der Waals surface area contributed by atoms with Crippen molar-refractivity contribution in [1.82, 2.24) is 15.0 Å². The van der Waals surface area contributed by atoms with E-state index in [0.29, 0.717) is 22.4 Å². The lowest BCUT2D eigenvalue weighted by Gasteiger charge is -2.12. The number of anilines is 1. The standard InChI is InChI=1S/C26H25ClN4OS/c1-4-21(25(32)29-22-14-13-20(27)15-28-22)33-26-30-23(18-9-5-16(2)6-10-18)24(31-26)19-11-7-17(3)8-12-19/h5-15,21H,4H2,1-3H3,(H,30,31)(H,28,29,32). The number of aromatic amines is 1. The van der Waals surface area contributed by atoms with E-state index in [2.05, 4.69) is 77.7 Å².